The van der Waals surface area contributed by atoms with Gasteiger partial charge in [0.05, 0.1) is 0 Å². The van der Waals surface area contributed by atoms with Crippen LogP contribution in [0.3, 0.4) is 0 Å². The summed E-state index contributed by atoms with van der Waals surface area (Å²) in [6.07, 6.45) is 17.9. The number of Topliss-reactive ketones (excluding diaryl/α,β-unsaturated/α-hetero) is 1. The summed E-state index contributed by atoms with van der Waals surface area (Å²) in [5.74, 6) is 0.562. The summed E-state index contributed by atoms with van der Waals surface area (Å²) in [6.45, 7) is 0. The molecule has 98 valence electrons. The average molecular weight is 236 g/mol. The SMILES string of the molecule is O=C1CCCCCCCCCC2(CCCC2)C1. The van der Waals surface area contributed by atoms with Crippen LogP contribution >= 0.6 is 0 Å². The van der Waals surface area contributed by atoms with Crippen LogP contribution in [0.4, 0.5) is 0 Å². The van der Waals surface area contributed by atoms with Crippen molar-refractivity contribution in [1.29, 1.82) is 0 Å². The number of ketones is 1. The molecule has 2 saturated carbocycles. The average Bonchev–Trinajstić information content (AvgIpc) is 2.74. The van der Waals surface area contributed by atoms with Gasteiger partial charge in [-0.15, -0.1) is 0 Å². The van der Waals surface area contributed by atoms with Crippen LogP contribution in [0.5, 0.6) is 0 Å². The molecule has 0 atom stereocenters. The number of carbonyl (C=O) groups is 1. The maximum Gasteiger partial charge on any atom is 0.133 e. The van der Waals surface area contributed by atoms with Crippen molar-refractivity contribution < 1.29 is 4.79 Å². The lowest BCUT2D eigenvalue weighted by atomic mass is 9.76. The molecule has 1 nitrogen and oxygen atoms in total. The highest BCUT2D eigenvalue weighted by molar-refractivity contribution is 5.79. The van der Waals surface area contributed by atoms with Gasteiger partial charge in [-0.3, -0.25) is 4.79 Å². The van der Waals surface area contributed by atoms with Crippen molar-refractivity contribution >= 4 is 5.78 Å². The molecule has 1 spiro atoms. The fourth-order valence-corrected chi connectivity index (χ4v) is 3.85. The molecule has 0 bridgehead atoms. The van der Waals surface area contributed by atoms with E-state index >= 15 is 0 Å². The molecule has 0 radical (unpaired) electrons. The Morgan fingerprint density at radius 3 is 1.76 bits per heavy atom. The molecule has 0 aliphatic heterocycles. The minimum absolute atomic E-state index is 0.441. The maximum absolute atomic E-state index is 12.1. The van der Waals surface area contributed by atoms with Gasteiger partial charge in [-0.25, -0.2) is 0 Å². The van der Waals surface area contributed by atoms with E-state index in [4.69, 9.17) is 0 Å². The second-order valence-corrected chi connectivity index (χ2v) is 6.40. The lowest BCUT2D eigenvalue weighted by Crippen LogP contribution is -2.21. The zero-order chi connectivity index (χ0) is 12.0. The Bertz CT molecular complexity index is 238. The molecule has 17 heavy (non-hydrogen) atoms. The minimum Gasteiger partial charge on any atom is -0.300 e. The third-order valence-corrected chi connectivity index (χ3v) is 4.90. The van der Waals surface area contributed by atoms with Crippen molar-refractivity contribution in [3.05, 3.63) is 0 Å². The maximum atomic E-state index is 12.1. The van der Waals surface area contributed by atoms with Crippen molar-refractivity contribution in [3.63, 3.8) is 0 Å². The van der Waals surface area contributed by atoms with Gasteiger partial charge < -0.3 is 0 Å². The first-order chi connectivity index (χ1) is 8.31. The van der Waals surface area contributed by atoms with Gasteiger partial charge in [-0.1, -0.05) is 51.4 Å². The van der Waals surface area contributed by atoms with Crippen molar-refractivity contribution in [2.24, 2.45) is 5.41 Å². The Labute approximate surface area is 106 Å². The molecule has 0 heterocycles. The summed E-state index contributed by atoms with van der Waals surface area (Å²) in [5.41, 5.74) is 0.441. The van der Waals surface area contributed by atoms with E-state index in [-0.39, 0.29) is 0 Å². The molecule has 0 aromatic rings. The normalized spacial score (nSPS) is 27.6. The van der Waals surface area contributed by atoms with Gasteiger partial charge in [-0.05, 0) is 31.1 Å². The Balaban J connectivity index is 1.91. The van der Waals surface area contributed by atoms with E-state index in [9.17, 15) is 4.79 Å². The van der Waals surface area contributed by atoms with E-state index in [0.717, 1.165) is 19.3 Å². The number of rotatable bonds is 0. The molecule has 2 aliphatic rings. The number of hydrogen-bond acceptors (Lipinski definition) is 1. The van der Waals surface area contributed by atoms with Gasteiger partial charge in [0.2, 0.25) is 0 Å². The highest BCUT2D eigenvalue weighted by Gasteiger charge is 2.34. The molecular weight excluding hydrogens is 208 g/mol. The highest BCUT2D eigenvalue weighted by atomic mass is 16.1. The molecule has 0 amide bonds. The summed E-state index contributed by atoms with van der Waals surface area (Å²) < 4.78 is 0. The first kappa shape index (κ1) is 13.1. The Kier molecular flexibility index (Phi) is 5.06. The van der Waals surface area contributed by atoms with Crippen LogP contribution in [0.25, 0.3) is 0 Å². The third-order valence-electron chi connectivity index (χ3n) is 4.90. The lowest BCUT2D eigenvalue weighted by Gasteiger charge is -2.28. The monoisotopic (exact) mass is 236 g/mol. The van der Waals surface area contributed by atoms with Crippen LogP contribution in [-0.2, 0) is 4.79 Å². The molecule has 0 saturated heterocycles. The first-order valence-corrected chi connectivity index (χ1v) is 7.83. The van der Waals surface area contributed by atoms with E-state index in [1.165, 1.54) is 70.6 Å². The van der Waals surface area contributed by atoms with Crippen molar-refractivity contribution in [2.45, 2.75) is 89.9 Å². The van der Waals surface area contributed by atoms with Gasteiger partial charge in [0.15, 0.2) is 0 Å². The van der Waals surface area contributed by atoms with Crippen LogP contribution < -0.4 is 0 Å². The zero-order valence-corrected chi connectivity index (χ0v) is 11.3. The van der Waals surface area contributed by atoms with Crippen molar-refractivity contribution in [1.82, 2.24) is 0 Å². The van der Waals surface area contributed by atoms with Crippen LogP contribution in [0, 0.1) is 5.41 Å². The molecule has 2 rings (SSSR count). The smallest absolute Gasteiger partial charge is 0.133 e. The quantitative estimate of drug-likeness (QED) is 0.576. The molecule has 0 unspecified atom stereocenters. The Morgan fingerprint density at radius 1 is 0.647 bits per heavy atom. The summed E-state index contributed by atoms with van der Waals surface area (Å²) in [7, 11) is 0. The number of carbonyl (C=O) groups excluding carboxylic acids is 1. The van der Waals surface area contributed by atoms with Gasteiger partial charge >= 0.3 is 0 Å². The van der Waals surface area contributed by atoms with Crippen LogP contribution in [0.2, 0.25) is 0 Å². The Hall–Kier alpha value is -0.330. The third kappa shape index (κ3) is 4.12. The second kappa shape index (κ2) is 6.56. The summed E-state index contributed by atoms with van der Waals surface area (Å²) >= 11 is 0. The second-order valence-electron chi connectivity index (χ2n) is 6.40. The van der Waals surface area contributed by atoms with Crippen LogP contribution in [0.15, 0.2) is 0 Å². The van der Waals surface area contributed by atoms with Gasteiger partial charge in [0.1, 0.15) is 5.78 Å². The van der Waals surface area contributed by atoms with Gasteiger partial charge in [-0.2, -0.15) is 0 Å². The fourth-order valence-electron chi connectivity index (χ4n) is 3.85. The molecule has 0 N–H and O–H groups in total. The predicted octanol–water partition coefficient (Wildman–Crippen LogP) is 5.03. The van der Waals surface area contributed by atoms with Crippen LogP contribution in [0.1, 0.15) is 89.9 Å². The largest absolute Gasteiger partial charge is 0.300 e. The highest BCUT2D eigenvalue weighted by Crippen LogP contribution is 2.45. The predicted molar refractivity (Wildman–Crippen MR) is 72.1 cm³/mol. The Morgan fingerprint density at radius 2 is 1.12 bits per heavy atom. The van der Waals surface area contributed by atoms with Crippen LogP contribution in [-0.4, -0.2) is 5.78 Å². The molecule has 0 aromatic heterocycles. The molecular formula is C16H28O. The topological polar surface area (TPSA) is 17.1 Å². The lowest BCUT2D eigenvalue weighted by molar-refractivity contribution is -0.121. The molecule has 0 aromatic carbocycles. The zero-order valence-electron chi connectivity index (χ0n) is 11.3. The minimum atomic E-state index is 0.441. The van der Waals surface area contributed by atoms with E-state index in [2.05, 4.69) is 0 Å². The van der Waals surface area contributed by atoms with E-state index in [1.54, 1.807) is 0 Å². The molecule has 2 aliphatic carbocycles. The summed E-state index contributed by atoms with van der Waals surface area (Å²) in [6, 6.07) is 0. The fraction of sp³-hybridized carbons (Fsp3) is 0.938. The van der Waals surface area contributed by atoms with E-state index < -0.39 is 0 Å². The van der Waals surface area contributed by atoms with Crippen molar-refractivity contribution in [3.8, 4) is 0 Å². The standard InChI is InChI=1S/C16H28O/c17-15-10-6-4-2-1-3-5-7-11-16(14-15)12-8-9-13-16/h1-14H2. The van der Waals surface area contributed by atoms with Gasteiger partial charge in [0, 0.05) is 12.8 Å². The van der Waals surface area contributed by atoms with Gasteiger partial charge in [0.25, 0.3) is 0 Å². The summed E-state index contributed by atoms with van der Waals surface area (Å²) in [5, 5.41) is 0. The van der Waals surface area contributed by atoms with E-state index in [0.29, 0.717) is 11.2 Å². The van der Waals surface area contributed by atoms with Crippen molar-refractivity contribution in [2.75, 3.05) is 0 Å². The molecule has 1 heteroatoms. The van der Waals surface area contributed by atoms with E-state index in [1.807, 2.05) is 0 Å². The number of hydrogen-bond donors (Lipinski definition) is 0. The first-order valence-electron chi connectivity index (χ1n) is 7.83. The molecule has 2 fully saturated rings. The summed E-state index contributed by atoms with van der Waals surface area (Å²) in [4.78, 5) is 12.1.